The summed E-state index contributed by atoms with van der Waals surface area (Å²) in [6.45, 7) is 5.94. The quantitative estimate of drug-likeness (QED) is 0.353. The van der Waals surface area contributed by atoms with E-state index in [4.69, 9.17) is 15.5 Å². The molecule has 4 rings (SSSR count). The minimum Gasteiger partial charge on any atom is -0.446 e. The normalized spacial score (nSPS) is 18.3. The molecule has 0 saturated heterocycles. The van der Waals surface area contributed by atoms with Gasteiger partial charge in [0.1, 0.15) is 6.10 Å². The monoisotopic (exact) mass is 514 g/mol. The smallest absolute Gasteiger partial charge is 0.407 e. The van der Waals surface area contributed by atoms with E-state index in [0.29, 0.717) is 5.69 Å². The number of rotatable bonds is 7. The van der Waals surface area contributed by atoms with Crippen LogP contribution in [-0.4, -0.2) is 30.1 Å². The lowest BCUT2D eigenvalue weighted by Crippen LogP contribution is -2.33. The fourth-order valence-electron chi connectivity index (χ4n) is 5.05. The van der Waals surface area contributed by atoms with Crippen LogP contribution in [-0.2, 0) is 15.1 Å². The number of nitrogens with zero attached hydrogens (tertiary/aromatic N) is 1. The largest absolute Gasteiger partial charge is 0.446 e. The molecule has 1 aromatic heterocycles. The Morgan fingerprint density at radius 1 is 1.00 bits per heavy atom. The topological polar surface area (TPSA) is 106 Å². The van der Waals surface area contributed by atoms with Crippen LogP contribution in [0.2, 0.25) is 0 Å². The van der Waals surface area contributed by atoms with Crippen molar-refractivity contribution in [2.75, 3.05) is 12.4 Å². The Balaban J connectivity index is 1.51. The Labute approximate surface area is 225 Å². The van der Waals surface area contributed by atoms with Gasteiger partial charge < -0.3 is 21.1 Å². The van der Waals surface area contributed by atoms with Crippen molar-refractivity contribution in [2.24, 2.45) is 17.6 Å². The van der Waals surface area contributed by atoms with E-state index < -0.39 is 11.6 Å². The first-order chi connectivity index (χ1) is 18.2. The van der Waals surface area contributed by atoms with E-state index in [1.807, 2.05) is 81.4 Å². The predicted octanol–water partition coefficient (Wildman–Crippen LogP) is 6.10. The van der Waals surface area contributed by atoms with Crippen LogP contribution in [0.4, 0.5) is 10.5 Å². The van der Waals surface area contributed by atoms with E-state index in [0.717, 1.165) is 53.6 Å². The number of hydrogen-bond donors (Lipinski definition) is 3. The Hall–Kier alpha value is -3.71. The summed E-state index contributed by atoms with van der Waals surface area (Å²) in [6.07, 6.45) is 4.46. The standard InChI is InChI=1S/C31H38N4O3/c1-20(21-12-16-26(17-13-21)38-30(37)33-4)29(36)35-25-18-27(22-8-6-5-7-9-22)28(34-19-25)23-10-14-24(15-11-23)31(2,3)32/h5-11,14-15,18-21,26H,12-13,16-17,32H2,1-4H3,(H,33,37)(H,35,36)/t20?,21-,26-. The van der Waals surface area contributed by atoms with Gasteiger partial charge in [-0.05, 0) is 62.6 Å². The van der Waals surface area contributed by atoms with E-state index >= 15 is 0 Å². The number of hydrogen-bond acceptors (Lipinski definition) is 5. The highest BCUT2D eigenvalue weighted by Crippen LogP contribution is 2.35. The Morgan fingerprint density at radius 3 is 2.26 bits per heavy atom. The summed E-state index contributed by atoms with van der Waals surface area (Å²) in [5, 5.41) is 5.59. The molecule has 7 nitrogen and oxygen atoms in total. The number of alkyl carbamates (subject to hydrolysis) is 1. The first-order valence-electron chi connectivity index (χ1n) is 13.3. The molecule has 1 saturated carbocycles. The molecule has 0 radical (unpaired) electrons. The molecule has 1 aliphatic carbocycles. The van der Waals surface area contributed by atoms with E-state index in [1.165, 1.54) is 0 Å². The number of anilines is 1. The van der Waals surface area contributed by atoms with Crippen LogP contribution in [0.15, 0.2) is 66.9 Å². The number of benzene rings is 2. The SMILES string of the molecule is CNC(=O)O[C@H]1CC[C@H](C(C)C(=O)Nc2cnc(-c3ccc(C(C)(C)N)cc3)c(-c3ccccc3)c2)CC1. The summed E-state index contributed by atoms with van der Waals surface area (Å²) in [6, 6.07) is 20.2. The van der Waals surface area contributed by atoms with Crippen LogP contribution in [0.5, 0.6) is 0 Å². The zero-order chi connectivity index (χ0) is 27.3. The molecule has 0 spiro atoms. The van der Waals surface area contributed by atoms with Crippen molar-refractivity contribution in [3.8, 4) is 22.4 Å². The van der Waals surface area contributed by atoms with Crippen molar-refractivity contribution < 1.29 is 14.3 Å². The molecule has 1 fully saturated rings. The highest BCUT2D eigenvalue weighted by molar-refractivity contribution is 5.94. The number of ether oxygens (including phenoxy) is 1. The van der Waals surface area contributed by atoms with Crippen molar-refractivity contribution in [1.29, 1.82) is 0 Å². The summed E-state index contributed by atoms with van der Waals surface area (Å²) >= 11 is 0. The highest BCUT2D eigenvalue weighted by Gasteiger charge is 2.30. The lowest BCUT2D eigenvalue weighted by Gasteiger charge is -2.31. The van der Waals surface area contributed by atoms with Gasteiger partial charge in [0.25, 0.3) is 0 Å². The lowest BCUT2D eigenvalue weighted by molar-refractivity contribution is -0.121. The number of nitrogens with one attached hydrogen (secondary N) is 2. The van der Waals surface area contributed by atoms with Crippen LogP contribution in [0.25, 0.3) is 22.4 Å². The maximum Gasteiger partial charge on any atom is 0.407 e. The molecule has 1 atom stereocenters. The molecular weight excluding hydrogens is 476 g/mol. The van der Waals surface area contributed by atoms with Gasteiger partial charge in [-0.15, -0.1) is 0 Å². The fourth-order valence-corrected chi connectivity index (χ4v) is 5.05. The van der Waals surface area contributed by atoms with Crippen LogP contribution in [0.1, 0.15) is 52.0 Å². The predicted molar refractivity (Wildman–Crippen MR) is 151 cm³/mol. The van der Waals surface area contributed by atoms with E-state index in [2.05, 4.69) is 10.6 Å². The van der Waals surface area contributed by atoms with Crippen molar-refractivity contribution in [3.05, 3.63) is 72.4 Å². The number of pyridine rings is 1. The van der Waals surface area contributed by atoms with Gasteiger partial charge in [0.15, 0.2) is 0 Å². The third kappa shape index (κ3) is 6.58. The van der Waals surface area contributed by atoms with Crippen molar-refractivity contribution in [3.63, 3.8) is 0 Å². The molecule has 0 aliphatic heterocycles. The maximum absolute atomic E-state index is 13.2. The summed E-state index contributed by atoms with van der Waals surface area (Å²) in [5.74, 6) is 0.0531. The Morgan fingerprint density at radius 2 is 1.66 bits per heavy atom. The second-order valence-electron chi connectivity index (χ2n) is 10.8. The summed E-state index contributed by atoms with van der Waals surface area (Å²) in [4.78, 5) is 29.5. The second kappa shape index (κ2) is 11.8. The average Bonchev–Trinajstić information content (AvgIpc) is 2.93. The minimum atomic E-state index is -0.421. The van der Waals surface area contributed by atoms with Gasteiger partial charge in [-0.1, -0.05) is 61.5 Å². The molecule has 1 aliphatic rings. The van der Waals surface area contributed by atoms with Gasteiger partial charge in [-0.2, -0.15) is 0 Å². The number of carbonyl (C=O) groups is 2. The molecule has 0 bridgehead atoms. The maximum atomic E-state index is 13.2. The number of nitrogens with two attached hydrogens (primary N) is 1. The third-order valence-corrected chi connectivity index (χ3v) is 7.46. The summed E-state index contributed by atoms with van der Waals surface area (Å²) in [5.41, 5.74) is 11.4. The molecule has 1 heterocycles. The summed E-state index contributed by atoms with van der Waals surface area (Å²) < 4.78 is 5.39. The molecule has 1 unspecified atom stereocenters. The highest BCUT2D eigenvalue weighted by atomic mass is 16.6. The minimum absolute atomic E-state index is 0.0243. The molecule has 2 amide bonds. The molecule has 200 valence electrons. The first-order valence-corrected chi connectivity index (χ1v) is 13.3. The molecule has 7 heteroatoms. The second-order valence-corrected chi connectivity index (χ2v) is 10.8. The van der Waals surface area contributed by atoms with Gasteiger partial charge in [0, 0.05) is 29.6 Å². The van der Waals surface area contributed by atoms with Crippen LogP contribution in [0, 0.1) is 11.8 Å². The number of aromatic nitrogens is 1. The Bertz CT molecular complexity index is 1240. The van der Waals surface area contributed by atoms with Gasteiger partial charge in [-0.25, -0.2) is 4.79 Å². The average molecular weight is 515 g/mol. The van der Waals surface area contributed by atoms with E-state index in [-0.39, 0.29) is 23.8 Å². The molecule has 38 heavy (non-hydrogen) atoms. The van der Waals surface area contributed by atoms with Crippen molar-refractivity contribution in [2.45, 2.75) is 58.1 Å². The van der Waals surface area contributed by atoms with Gasteiger partial charge >= 0.3 is 6.09 Å². The van der Waals surface area contributed by atoms with Crippen LogP contribution >= 0.6 is 0 Å². The zero-order valence-electron chi connectivity index (χ0n) is 22.7. The van der Waals surface area contributed by atoms with Gasteiger partial charge in [0.2, 0.25) is 5.91 Å². The molecular formula is C31H38N4O3. The number of carbonyl (C=O) groups excluding carboxylic acids is 2. The number of amides is 2. The first kappa shape index (κ1) is 27.3. The van der Waals surface area contributed by atoms with Crippen LogP contribution in [0.3, 0.4) is 0 Å². The van der Waals surface area contributed by atoms with Crippen LogP contribution < -0.4 is 16.4 Å². The van der Waals surface area contributed by atoms with Crippen molar-refractivity contribution >= 4 is 17.7 Å². The molecule has 4 N–H and O–H groups in total. The zero-order valence-corrected chi connectivity index (χ0v) is 22.7. The van der Waals surface area contributed by atoms with E-state index in [9.17, 15) is 9.59 Å². The fraction of sp³-hybridized carbons (Fsp3) is 0.387. The lowest BCUT2D eigenvalue weighted by atomic mass is 9.79. The van der Waals surface area contributed by atoms with Gasteiger partial charge in [0.05, 0.1) is 17.6 Å². The van der Waals surface area contributed by atoms with Crippen molar-refractivity contribution in [1.82, 2.24) is 10.3 Å². The van der Waals surface area contributed by atoms with Gasteiger partial charge in [-0.3, -0.25) is 9.78 Å². The summed E-state index contributed by atoms with van der Waals surface area (Å²) in [7, 11) is 1.56. The molecule has 2 aromatic carbocycles. The molecule has 3 aromatic rings. The Kier molecular flexibility index (Phi) is 8.47. The van der Waals surface area contributed by atoms with E-state index in [1.54, 1.807) is 13.2 Å². The third-order valence-electron chi connectivity index (χ3n) is 7.46.